The lowest BCUT2D eigenvalue weighted by atomic mass is 9.84. The maximum absolute atomic E-state index is 12.3. The summed E-state index contributed by atoms with van der Waals surface area (Å²) >= 11 is 3.44. The van der Waals surface area contributed by atoms with Gasteiger partial charge in [0.1, 0.15) is 4.47 Å². The second-order valence-electron chi connectivity index (χ2n) is 6.52. The van der Waals surface area contributed by atoms with Crippen LogP contribution < -0.4 is 10.9 Å². The highest BCUT2D eigenvalue weighted by atomic mass is 79.9. The molecule has 0 aliphatic heterocycles. The van der Waals surface area contributed by atoms with Crippen LogP contribution in [0.2, 0.25) is 0 Å². The molecule has 1 N–H and O–H groups in total. The van der Waals surface area contributed by atoms with Crippen molar-refractivity contribution in [1.82, 2.24) is 9.78 Å². The van der Waals surface area contributed by atoms with Crippen molar-refractivity contribution in [3.8, 4) is 0 Å². The fourth-order valence-corrected chi connectivity index (χ4v) is 3.40. The first-order valence-electron chi connectivity index (χ1n) is 8.03. The summed E-state index contributed by atoms with van der Waals surface area (Å²) in [5.74, 6) is 1.29. The average Bonchev–Trinajstić information content (AvgIpc) is 2.47. The number of aromatic nitrogens is 2. The summed E-state index contributed by atoms with van der Waals surface area (Å²) in [6.45, 7) is 7.09. The second-order valence-corrected chi connectivity index (χ2v) is 7.32. The van der Waals surface area contributed by atoms with Gasteiger partial charge in [0.25, 0.3) is 5.56 Å². The summed E-state index contributed by atoms with van der Waals surface area (Å²) in [4.78, 5) is 12.3. The predicted molar refractivity (Wildman–Crippen MR) is 90.7 cm³/mol. The maximum Gasteiger partial charge on any atom is 0.283 e. The number of nitrogens with zero attached hydrogens (tertiary/aromatic N) is 2. The first-order chi connectivity index (χ1) is 10.0. The van der Waals surface area contributed by atoms with Gasteiger partial charge in [-0.3, -0.25) is 4.79 Å². The van der Waals surface area contributed by atoms with E-state index in [1.807, 2.05) is 0 Å². The first kappa shape index (κ1) is 16.5. The quantitative estimate of drug-likeness (QED) is 0.866. The average molecular weight is 356 g/mol. The molecule has 118 valence electrons. The topological polar surface area (TPSA) is 46.9 Å². The van der Waals surface area contributed by atoms with E-state index in [0.29, 0.717) is 23.0 Å². The third-order valence-electron chi connectivity index (χ3n) is 4.31. The molecule has 1 aromatic rings. The van der Waals surface area contributed by atoms with Crippen LogP contribution in [0.5, 0.6) is 0 Å². The van der Waals surface area contributed by atoms with Crippen molar-refractivity contribution in [2.45, 2.75) is 65.5 Å². The summed E-state index contributed by atoms with van der Waals surface area (Å²) in [6.07, 6.45) is 7.98. The van der Waals surface area contributed by atoms with Crippen molar-refractivity contribution in [3.05, 3.63) is 21.0 Å². The van der Waals surface area contributed by atoms with Crippen molar-refractivity contribution in [2.24, 2.45) is 11.8 Å². The minimum absolute atomic E-state index is 0.0454. The highest BCUT2D eigenvalue weighted by Crippen LogP contribution is 2.29. The Hall–Kier alpha value is -0.840. The number of nitrogens with one attached hydrogen (secondary N) is 1. The molecule has 2 rings (SSSR count). The molecule has 0 saturated heterocycles. The van der Waals surface area contributed by atoms with Gasteiger partial charge in [0.2, 0.25) is 0 Å². The van der Waals surface area contributed by atoms with Gasteiger partial charge in [-0.05, 0) is 53.4 Å². The van der Waals surface area contributed by atoms with Crippen LogP contribution in [0.4, 0.5) is 5.69 Å². The molecular formula is C16H26BrN3O. The Kier molecular flexibility index (Phi) is 5.85. The summed E-state index contributed by atoms with van der Waals surface area (Å²) in [6, 6.07) is 0.464. The van der Waals surface area contributed by atoms with Crippen molar-refractivity contribution in [2.75, 3.05) is 5.32 Å². The lowest BCUT2D eigenvalue weighted by Crippen LogP contribution is -2.30. The van der Waals surface area contributed by atoms with E-state index >= 15 is 0 Å². The molecule has 21 heavy (non-hydrogen) atoms. The van der Waals surface area contributed by atoms with E-state index in [-0.39, 0.29) is 5.56 Å². The number of halogens is 1. The smallest absolute Gasteiger partial charge is 0.283 e. The van der Waals surface area contributed by atoms with Gasteiger partial charge in [0.05, 0.1) is 11.9 Å². The van der Waals surface area contributed by atoms with Crippen LogP contribution in [0.15, 0.2) is 15.5 Å². The van der Waals surface area contributed by atoms with E-state index in [0.717, 1.165) is 11.6 Å². The molecule has 0 atom stereocenters. The molecule has 1 heterocycles. The Balaban J connectivity index is 2.04. The molecule has 0 unspecified atom stereocenters. The van der Waals surface area contributed by atoms with Gasteiger partial charge in [-0.2, -0.15) is 5.10 Å². The van der Waals surface area contributed by atoms with Crippen LogP contribution in [0.25, 0.3) is 0 Å². The first-order valence-corrected chi connectivity index (χ1v) is 8.82. The summed E-state index contributed by atoms with van der Waals surface area (Å²) in [7, 11) is 0. The molecule has 4 nitrogen and oxygen atoms in total. The van der Waals surface area contributed by atoms with Crippen LogP contribution in [-0.2, 0) is 6.54 Å². The number of hydrogen-bond donors (Lipinski definition) is 1. The van der Waals surface area contributed by atoms with E-state index in [2.05, 4.69) is 47.1 Å². The highest BCUT2D eigenvalue weighted by Gasteiger charge is 2.21. The monoisotopic (exact) mass is 355 g/mol. The maximum atomic E-state index is 12.3. The van der Waals surface area contributed by atoms with Crippen LogP contribution >= 0.6 is 15.9 Å². The largest absolute Gasteiger partial charge is 0.380 e. The van der Waals surface area contributed by atoms with E-state index in [1.165, 1.54) is 36.8 Å². The van der Waals surface area contributed by atoms with Crippen molar-refractivity contribution in [3.63, 3.8) is 0 Å². The zero-order valence-corrected chi connectivity index (χ0v) is 14.8. The number of hydrogen-bond acceptors (Lipinski definition) is 3. The normalized spacial score (nSPS) is 22.5. The predicted octanol–water partition coefficient (Wildman–Crippen LogP) is 4.04. The van der Waals surface area contributed by atoms with Gasteiger partial charge in [0.15, 0.2) is 0 Å². The van der Waals surface area contributed by atoms with Gasteiger partial charge < -0.3 is 5.32 Å². The SMILES string of the molecule is CCC1CCC(Nc2cnn(CC(C)C)c(=O)c2Br)CC1. The molecule has 0 bridgehead atoms. The second kappa shape index (κ2) is 7.43. The summed E-state index contributed by atoms with van der Waals surface area (Å²) < 4.78 is 2.14. The van der Waals surface area contributed by atoms with E-state index in [4.69, 9.17) is 0 Å². The Labute approximate surface area is 135 Å². The minimum Gasteiger partial charge on any atom is -0.380 e. The van der Waals surface area contributed by atoms with E-state index < -0.39 is 0 Å². The van der Waals surface area contributed by atoms with Gasteiger partial charge in [-0.1, -0.05) is 27.2 Å². The summed E-state index contributed by atoms with van der Waals surface area (Å²) in [5.41, 5.74) is 0.788. The standard InChI is InChI=1S/C16H26BrN3O/c1-4-12-5-7-13(8-6-12)19-14-9-18-20(10-11(2)3)16(21)15(14)17/h9,11-13,19H,4-8,10H2,1-3H3. The molecule has 5 heteroatoms. The number of rotatable bonds is 5. The van der Waals surface area contributed by atoms with Gasteiger partial charge in [-0.25, -0.2) is 4.68 Å². The van der Waals surface area contributed by atoms with E-state index in [9.17, 15) is 4.79 Å². The fraction of sp³-hybridized carbons (Fsp3) is 0.750. The van der Waals surface area contributed by atoms with Crippen LogP contribution in [0.1, 0.15) is 52.9 Å². The molecule has 0 aromatic carbocycles. The van der Waals surface area contributed by atoms with Crippen molar-refractivity contribution in [1.29, 1.82) is 0 Å². The molecule has 1 aliphatic rings. The van der Waals surface area contributed by atoms with Gasteiger partial charge in [0, 0.05) is 12.6 Å². The zero-order valence-electron chi connectivity index (χ0n) is 13.2. The molecule has 1 aromatic heterocycles. The minimum atomic E-state index is -0.0454. The summed E-state index contributed by atoms with van der Waals surface area (Å²) in [5, 5.41) is 7.78. The molecule has 0 radical (unpaired) electrons. The third-order valence-corrected chi connectivity index (χ3v) is 5.07. The third kappa shape index (κ3) is 4.31. The molecule has 0 spiro atoms. The molecule has 1 aliphatic carbocycles. The molecule has 1 fully saturated rings. The lowest BCUT2D eigenvalue weighted by Gasteiger charge is -2.29. The molecule has 0 amide bonds. The van der Waals surface area contributed by atoms with Crippen molar-refractivity contribution < 1.29 is 0 Å². The molecule has 1 saturated carbocycles. The molecular weight excluding hydrogens is 330 g/mol. The van der Waals surface area contributed by atoms with Crippen LogP contribution in [0.3, 0.4) is 0 Å². The van der Waals surface area contributed by atoms with Crippen LogP contribution in [0, 0.1) is 11.8 Å². The van der Waals surface area contributed by atoms with Gasteiger partial charge >= 0.3 is 0 Å². The number of anilines is 1. The highest BCUT2D eigenvalue weighted by molar-refractivity contribution is 9.10. The Bertz CT molecular complexity index is 519. The van der Waals surface area contributed by atoms with Crippen molar-refractivity contribution >= 4 is 21.6 Å². The Morgan fingerprint density at radius 3 is 2.62 bits per heavy atom. The Morgan fingerprint density at radius 2 is 2.05 bits per heavy atom. The van der Waals surface area contributed by atoms with Gasteiger partial charge in [-0.15, -0.1) is 0 Å². The zero-order chi connectivity index (χ0) is 15.4. The van der Waals surface area contributed by atoms with E-state index in [1.54, 1.807) is 6.20 Å². The lowest BCUT2D eigenvalue weighted by molar-refractivity contribution is 0.330. The Morgan fingerprint density at radius 1 is 1.38 bits per heavy atom. The fourth-order valence-electron chi connectivity index (χ4n) is 2.98. The van der Waals surface area contributed by atoms with Crippen LogP contribution in [-0.4, -0.2) is 15.8 Å².